The van der Waals surface area contributed by atoms with E-state index in [9.17, 15) is 22.8 Å². The average Bonchev–Trinajstić information content (AvgIpc) is 3.38. The van der Waals surface area contributed by atoms with Crippen LogP contribution in [0.4, 0.5) is 24.7 Å². The number of benzene rings is 2. The zero-order chi connectivity index (χ0) is 28.9. The van der Waals surface area contributed by atoms with Crippen molar-refractivity contribution in [3.63, 3.8) is 0 Å². The smallest absolute Gasteiger partial charge is 0.430 e. The highest BCUT2D eigenvalue weighted by atomic mass is 19.4. The molecule has 4 aromatic rings. The molecule has 5 N–H and O–H groups in total. The SMILES string of the molecule is NC(=O)c1cccc2cn(-c3ccc(NC(=O)c4cccnc4N4CC[NH2+]CC4)cc3)nc12.O=C([O-])C(F)(F)F. The summed E-state index contributed by atoms with van der Waals surface area (Å²) in [6.45, 7) is 3.70. The summed E-state index contributed by atoms with van der Waals surface area (Å²) in [6, 6.07) is 16.3. The third-order valence-corrected chi connectivity index (χ3v) is 5.96. The molecule has 2 amide bonds. The fourth-order valence-electron chi connectivity index (χ4n) is 4.06. The molecule has 0 aliphatic carbocycles. The van der Waals surface area contributed by atoms with E-state index < -0.39 is 18.1 Å². The van der Waals surface area contributed by atoms with Crippen molar-refractivity contribution in [2.24, 2.45) is 5.73 Å². The minimum atomic E-state index is -5.19. The second-order valence-corrected chi connectivity index (χ2v) is 8.70. The Kier molecular flexibility index (Phi) is 8.29. The molecule has 0 atom stereocenters. The lowest BCUT2D eigenvalue weighted by Crippen LogP contribution is -2.89. The molecule has 0 bridgehead atoms. The number of amides is 2. The summed E-state index contributed by atoms with van der Waals surface area (Å²) >= 11 is 0. The summed E-state index contributed by atoms with van der Waals surface area (Å²) in [5.74, 6) is -3.00. The summed E-state index contributed by atoms with van der Waals surface area (Å²) in [5, 5.41) is 19.3. The minimum absolute atomic E-state index is 0.198. The van der Waals surface area contributed by atoms with Gasteiger partial charge in [-0.2, -0.15) is 18.3 Å². The van der Waals surface area contributed by atoms with Gasteiger partial charge in [0.05, 0.1) is 43.0 Å². The highest BCUT2D eigenvalue weighted by molar-refractivity contribution is 6.07. The molecule has 5 rings (SSSR count). The second kappa shape index (κ2) is 11.8. The molecule has 208 valence electrons. The summed E-state index contributed by atoms with van der Waals surface area (Å²) in [4.78, 5) is 40.1. The number of halogens is 3. The Balaban J connectivity index is 0.000000470. The predicted molar refractivity (Wildman–Crippen MR) is 137 cm³/mol. The van der Waals surface area contributed by atoms with E-state index in [0.717, 1.165) is 37.3 Å². The first-order valence-corrected chi connectivity index (χ1v) is 12.0. The van der Waals surface area contributed by atoms with Crippen molar-refractivity contribution in [1.29, 1.82) is 0 Å². The van der Waals surface area contributed by atoms with Gasteiger partial charge in [-0.25, -0.2) is 9.67 Å². The number of carbonyl (C=O) groups is 3. The number of hydrogen-bond acceptors (Lipinski definition) is 7. The number of aromatic nitrogens is 3. The van der Waals surface area contributed by atoms with Crippen LogP contribution in [0.5, 0.6) is 0 Å². The van der Waals surface area contributed by atoms with Gasteiger partial charge in [0.15, 0.2) is 0 Å². The van der Waals surface area contributed by atoms with Crippen molar-refractivity contribution >= 4 is 40.2 Å². The topological polar surface area (TPSA) is 163 Å². The number of nitrogens with one attached hydrogen (secondary N) is 1. The molecule has 0 radical (unpaired) electrons. The first-order chi connectivity index (χ1) is 19.0. The largest absolute Gasteiger partial charge is 0.542 e. The number of primary amides is 1. The number of anilines is 2. The van der Waals surface area contributed by atoms with Gasteiger partial charge in [-0.05, 0) is 42.5 Å². The maximum absolute atomic E-state index is 13.0. The monoisotopic (exact) mass is 555 g/mol. The van der Waals surface area contributed by atoms with Gasteiger partial charge in [0.25, 0.3) is 11.8 Å². The quantitative estimate of drug-likeness (QED) is 0.322. The maximum atomic E-state index is 13.0. The lowest BCUT2D eigenvalue weighted by atomic mass is 10.1. The highest BCUT2D eigenvalue weighted by Crippen LogP contribution is 2.22. The number of alkyl halides is 3. The average molecular weight is 556 g/mol. The summed E-state index contributed by atoms with van der Waals surface area (Å²) in [6.07, 6.45) is -1.63. The van der Waals surface area contributed by atoms with Gasteiger partial charge in [0, 0.05) is 23.5 Å². The van der Waals surface area contributed by atoms with E-state index in [0.29, 0.717) is 28.1 Å². The predicted octanol–water partition coefficient (Wildman–Crippen LogP) is 0.454. The molecule has 1 fully saturated rings. The van der Waals surface area contributed by atoms with Gasteiger partial charge in [0.2, 0.25) is 0 Å². The molecule has 0 unspecified atom stereocenters. The van der Waals surface area contributed by atoms with Crippen LogP contribution in [-0.4, -0.2) is 64.9 Å². The molecule has 11 nitrogen and oxygen atoms in total. The van der Waals surface area contributed by atoms with Crippen molar-refractivity contribution in [2.45, 2.75) is 6.18 Å². The molecule has 2 aromatic carbocycles. The van der Waals surface area contributed by atoms with Crippen LogP contribution in [0.25, 0.3) is 16.6 Å². The standard InChI is InChI=1S/C24H23N7O2.C2HF3O2/c25-22(32)19-4-1-3-16-15-31(29-21(16)19)18-8-6-17(7-9-18)28-24(33)20-5-2-10-27-23(20)30-13-11-26-12-14-30;3-2(4,5)1(6)7/h1-10,15,26H,11-14H2,(H2,25,32)(H,28,33);(H,6,7). The van der Waals surface area contributed by atoms with Crippen LogP contribution in [0, 0.1) is 0 Å². The molecule has 1 aliphatic rings. The van der Waals surface area contributed by atoms with Gasteiger partial charge in [-0.15, -0.1) is 0 Å². The number of hydrogen-bond donors (Lipinski definition) is 3. The number of aliphatic carboxylic acids is 1. The van der Waals surface area contributed by atoms with Gasteiger partial charge < -0.3 is 31.2 Å². The van der Waals surface area contributed by atoms with Gasteiger partial charge >= 0.3 is 6.18 Å². The number of carboxylic acid groups (broad SMARTS) is 1. The molecule has 14 heteroatoms. The van der Waals surface area contributed by atoms with Crippen LogP contribution in [0.15, 0.2) is 67.0 Å². The van der Waals surface area contributed by atoms with Gasteiger partial charge in [-0.1, -0.05) is 12.1 Å². The highest BCUT2D eigenvalue weighted by Gasteiger charge is 2.28. The van der Waals surface area contributed by atoms with E-state index in [1.807, 2.05) is 36.5 Å². The fourth-order valence-corrected chi connectivity index (χ4v) is 4.06. The van der Waals surface area contributed by atoms with Crippen molar-refractivity contribution in [2.75, 3.05) is 36.4 Å². The molecular formula is C26H24F3N7O4. The van der Waals surface area contributed by atoms with Crippen molar-refractivity contribution < 1.29 is 38.0 Å². The molecular weight excluding hydrogens is 531 g/mol. The normalized spacial score (nSPS) is 13.3. The third-order valence-electron chi connectivity index (χ3n) is 5.96. The summed E-state index contributed by atoms with van der Waals surface area (Å²) in [5.41, 5.74) is 8.42. The van der Waals surface area contributed by atoms with Crippen LogP contribution < -0.4 is 26.4 Å². The fraction of sp³-hybridized carbons (Fsp3) is 0.192. The zero-order valence-electron chi connectivity index (χ0n) is 20.9. The summed E-state index contributed by atoms with van der Waals surface area (Å²) in [7, 11) is 0. The van der Waals surface area contributed by atoms with Crippen LogP contribution in [0.1, 0.15) is 20.7 Å². The summed E-state index contributed by atoms with van der Waals surface area (Å²) < 4.78 is 33.2. The van der Waals surface area contributed by atoms with E-state index in [1.54, 1.807) is 35.1 Å². The Morgan fingerprint density at radius 1 is 0.975 bits per heavy atom. The third kappa shape index (κ3) is 6.53. The van der Waals surface area contributed by atoms with E-state index in [-0.39, 0.29) is 5.91 Å². The number of pyridine rings is 1. The lowest BCUT2D eigenvalue weighted by Gasteiger charge is -2.27. The lowest BCUT2D eigenvalue weighted by molar-refractivity contribution is -0.655. The number of fused-ring (bicyclic) bond motifs is 1. The Labute approximate surface area is 225 Å². The van der Waals surface area contributed by atoms with Crippen molar-refractivity contribution in [3.05, 3.63) is 78.1 Å². The number of rotatable bonds is 5. The number of quaternary nitrogens is 1. The van der Waals surface area contributed by atoms with Gasteiger partial charge in [0.1, 0.15) is 17.3 Å². The maximum Gasteiger partial charge on any atom is 0.430 e. The van der Waals surface area contributed by atoms with Crippen molar-refractivity contribution in [3.8, 4) is 5.69 Å². The van der Waals surface area contributed by atoms with Crippen LogP contribution in [-0.2, 0) is 4.79 Å². The number of nitrogens with zero attached hydrogens (tertiary/aromatic N) is 4. The van der Waals surface area contributed by atoms with Gasteiger partial charge in [-0.3, -0.25) is 9.59 Å². The number of carboxylic acids is 1. The zero-order valence-corrected chi connectivity index (χ0v) is 20.9. The first kappa shape index (κ1) is 28.0. The van der Waals surface area contributed by atoms with E-state index in [2.05, 4.69) is 25.6 Å². The molecule has 2 aromatic heterocycles. The Morgan fingerprint density at radius 2 is 1.62 bits per heavy atom. The van der Waals surface area contributed by atoms with Crippen LogP contribution in [0.2, 0.25) is 0 Å². The van der Waals surface area contributed by atoms with Crippen molar-refractivity contribution in [1.82, 2.24) is 14.8 Å². The van der Waals surface area contributed by atoms with E-state index >= 15 is 0 Å². The Hall–Kier alpha value is -4.98. The number of carbonyl (C=O) groups excluding carboxylic acids is 3. The number of piperazine rings is 1. The van der Waals surface area contributed by atoms with E-state index in [4.69, 9.17) is 15.6 Å². The molecule has 1 aliphatic heterocycles. The minimum Gasteiger partial charge on any atom is -0.542 e. The van der Waals surface area contributed by atoms with E-state index in [1.165, 1.54) is 0 Å². The second-order valence-electron chi connectivity index (χ2n) is 8.70. The molecule has 1 saturated heterocycles. The molecule has 3 heterocycles. The first-order valence-electron chi connectivity index (χ1n) is 12.0. The number of nitrogens with two attached hydrogens (primary N) is 2. The molecule has 0 saturated carbocycles. The molecule has 40 heavy (non-hydrogen) atoms. The van der Waals surface area contributed by atoms with Crippen LogP contribution >= 0.6 is 0 Å². The Bertz CT molecular complexity index is 1530. The van der Waals surface area contributed by atoms with Crippen LogP contribution in [0.3, 0.4) is 0 Å². The molecule has 0 spiro atoms. The Morgan fingerprint density at radius 3 is 2.25 bits per heavy atom.